The van der Waals surface area contributed by atoms with Gasteiger partial charge in [0.05, 0.1) is 6.10 Å². The molecule has 2 rings (SSSR count). The number of allylic oxidation sites excluding steroid dienone is 2. The fourth-order valence-electron chi connectivity index (χ4n) is 3.48. The lowest BCUT2D eigenvalue weighted by Gasteiger charge is -2.33. The van der Waals surface area contributed by atoms with E-state index in [1.54, 1.807) is 6.92 Å². The van der Waals surface area contributed by atoms with Crippen LogP contribution in [-0.4, -0.2) is 22.3 Å². The third-order valence-corrected chi connectivity index (χ3v) is 4.64. The summed E-state index contributed by atoms with van der Waals surface area (Å²) in [5.74, 6) is 0.403. The molecule has 0 aromatic carbocycles. The van der Waals surface area contributed by atoms with Crippen molar-refractivity contribution in [2.75, 3.05) is 0 Å². The van der Waals surface area contributed by atoms with Gasteiger partial charge < -0.3 is 10.2 Å². The number of carboxylic acids is 1. The average molecular weight is 250 g/mol. The summed E-state index contributed by atoms with van der Waals surface area (Å²) in [5.41, 5.74) is 2.79. The molecule has 0 aromatic rings. The highest BCUT2D eigenvalue weighted by molar-refractivity contribution is 5.85. The second kappa shape index (κ2) is 4.88. The SMILES string of the molecule is CC1=C2[C@H](/C=C(/C)C(=O)O)CC[C@H](C)[C@@H]2CC1O. The minimum Gasteiger partial charge on any atom is -0.478 e. The first-order valence-electron chi connectivity index (χ1n) is 6.72. The van der Waals surface area contributed by atoms with Crippen LogP contribution in [0.2, 0.25) is 0 Å². The number of carboxylic acid groups (broad SMARTS) is 1. The summed E-state index contributed by atoms with van der Waals surface area (Å²) in [6.45, 7) is 5.88. The number of aliphatic hydroxyl groups excluding tert-OH is 1. The lowest BCUT2D eigenvalue weighted by Crippen LogP contribution is -2.24. The molecule has 2 aliphatic carbocycles. The summed E-state index contributed by atoms with van der Waals surface area (Å²) in [6, 6.07) is 0. The third-order valence-electron chi connectivity index (χ3n) is 4.64. The van der Waals surface area contributed by atoms with E-state index >= 15 is 0 Å². The first-order chi connectivity index (χ1) is 8.41. The average Bonchev–Trinajstić information content (AvgIpc) is 2.61. The molecule has 2 aliphatic rings. The van der Waals surface area contributed by atoms with Crippen molar-refractivity contribution in [1.29, 1.82) is 0 Å². The van der Waals surface area contributed by atoms with E-state index in [4.69, 9.17) is 5.11 Å². The molecule has 0 aliphatic heterocycles. The second-order valence-corrected chi connectivity index (χ2v) is 5.81. The van der Waals surface area contributed by atoms with Gasteiger partial charge in [0, 0.05) is 5.57 Å². The maximum Gasteiger partial charge on any atom is 0.330 e. The Kier molecular flexibility index (Phi) is 3.62. The molecule has 18 heavy (non-hydrogen) atoms. The predicted octanol–water partition coefficient (Wildman–Crippen LogP) is 2.76. The molecule has 0 heterocycles. The molecule has 0 spiro atoms. The zero-order valence-corrected chi connectivity index (χ0v) is 11.3. The summed E-state index contributed by atoms with van der Waals surface area (Å²) in [4.78, 5) is 10.9. The Labute approximate surface area is 108 Å². The standard InChI is InChI=1S/C15H22O3/c1-8-4-5-11(6-9(2)15(17)18)14-10(3)13(16)7-12(8)14/h6,8,11-13,16H,4-5,7H2,1-3H3,(H,17,18)/b9-6-/t8-,11-,12-,13?/m0/s1. The van der Waals surface area contributed by atoms with Gasteiger partial charge in [-0.2, -0.15) is 0 Å². The number of aliphatic hydroxyl groups is 1. The molecular formula is C15H22O3. The summed E-state index contributed by atoms with van der Waals surface area (Å²) in [6.07, 6.45) is 4.48. The quantitative estimate of drug-likeness (QED) is 0.585. The maximum absolute atomic E-state index is 10.9. The number of hydrogen-bond donors (Lipinski definition) is 2. The van der Waals surface area contributed by atoms with Gasteiger partial charge in [0.1, 0.15) is 0 Å². The van der Waals surface area contributed by atoms with E-state index < -0.39 is 5.97 Å². The van der Waals surface area contributed by atoms with E-state index in [0.717, 1.165) is 24.8 Å². The Morgan fingerprint density at radius 3 is 2.67 bits per heavy atom. The molecule has 3 nitrogen and oxygen atoms in total. The third kappa shape index (κ3) is 2.24. The summed E-state index contributed by atoms with van der Waals surface area (Å²) >= 11 is 0. The Bertz CT molecular complexity index is 419. The van der Waals surface area contributed by atoms with Crippen LogP contribution in [0.5, 0.6) is 0 Å². The number of fused-ring (bicyclic) bond motifs is 1. The Morgan fingerprint density at radius 2 is 2.06 bits per heavy atom. The predicted molar refractivity (Wildman–Crippen MR) is 70.1 cm³/mol. The lowest BCUT2D eigenvalue weighted by atomic mass is 9.71. The van der Waals surface area contributed by atoms with Crippen molar-refractivity contribution in [3.8, 4) is 0 Å². The highest BCUT2D eigenvalue weighted by Gasteiger charge is 2.39. The summed E-state index contributed by atoms with van der Waals surface area (Å²) < 4.78 is 0. The summed E-state index contributed by atoms with van der Waals surface area (Å²) in [5, 5.41) is 19.0. The number of carbonyl (C=O) groups is 1. The van der Waals surface area contributed by atoms with Crippen molar-refractivity contribution in [2.24, 2.45) is 17.8 Å². The largest absolute Gasteiger partial charge is 0.478 e. The lowest BCUT2D eigenvalue weighted by molar-refractivity contribution is -0.132. The highest BCUT2D eigenvalue weighted by atomic mass is 16.4. The van der Waals surface area contributed by atoms with Crippen LogP contribution in [0.15, 0.2) is 22.8 Å². The van der Waals surface area contributed by atoms with Crippen LogP contribution in [-0.2, 0) is 4.79 Å². The number of rotatable bonds is 2. The number of aliphatic carboxylic acids is 1. The van der Waals surface area contributed by atoms with Gasteiger partial charge in [-0.15, -0.1) is 0 Å². The normalized spacial score (nSPS) is 36.8. The second-order valence-electron chi connectivity index (χ2n) is 5.81. The summed E-state index contributed by atoms with van der Waals surface area (Å²) in [7, 11) is 0. The van der Waals surface area contributed by atoms with Crippen molar-refractivity contribution in [3.05, 3.63) is 22.8 Å². The van der Waals surface area contributed by atoms with Crippen molar-refractivity contribution < 1.29 is 15.0 Å². The van der Waals surface area contributed by atoms with Gasteiger partial charge in [-0.3, -0.25) is 0 Å². The fourth-order valence-corrected chi connectivity index (χ4v) is 3.48. The van der Waals surface area contributed by atoms with E-state index in [1.165, 1.54) is 5.57 Å². The van der Waals surface area contributed by atoms with E-state index in [9.17, 15) is 9.90 Å². The zero-order chi connectivity index (χ0) is 13.4. The fraction of sp³-hybridized carbons (Fsp3) is 0.667. The van der Waals surface area contributed by atoms with E-state index in [0.29, 0.717) is 17.4 Å². The molecule has 0 radical (unpaired) electrons. The van der Waals surface area contributed by atoms with E-state index in [-0.39, 0.29) is 12.0 Å². The van der Waals surface area contributed by atoms with Crippen molar-refractivity contribution in [2.45, 2.75) is 46.1 Å². The van der Waals surface area contributed by atoms with Crippen LogP contribution in [0.25, 0.3) is 0 Å². The molecule has 1 fully saturated rings. The van der Waals surface area contributed by atoms with Gasteiger partial charge in [-0.25, -0.2) is 4.79 Å². The molecule has 1 unspecified atom stereocenters. The van der Waals surface area contributed by atoms with Crippen molar-refractivity contribution in [1.82, 2.24) is 0 Å². The molecule has 0 saturated heterocycles. The molecule has 3 heteroatoms. The van der Waals surface area contributed by atoms with Crippen LogP contribution in [0.3, 0.4) is 0 Å². The maximum atomic E-state index is 10.9. The van der Waals surface area contributed by atoms with Crippen LogP contribution < -0.4 is 0 Å². The number of hydrogen-bond acceptors (Lipinski definition) is 2. The molecule has 0 amide bonds. The first kappa shape index (κ1) is 13.3. The highest BCUT2D eigenvalue weighted by Crippen LogP contribution is 2.48. The van der Waals surface area contributed by atoms with Crippen LogP contribution in [0.1, 0.15) is 40.0 Å². The molecule has 4 atom stereocenters. The molecule has 100 valence electrons. The Balaban J connectivity index is 2.32. The van der Waals surface area contributed by atoms with Gasteiger partial charge in [0.15, 0.2) is 0 Å². The van der Waals surface area contributed by atoms with Crippen molar-refractivity contribution >= 4 is 5.97 Å². The molecule has 2 N–H and O–H groups in total. The Hall–Kier alpha value is -1.09. The van der Waals surface area contributed by atoms with E-state index in [1.807, 2.05) is 13.0 Å². The van der Waals surface area contributed by atoms with Gasteiger partial charge in [-0.05, 0) is 56.4 Å². The van der Waals surface area contributed by atoms with Gasteiger partial charge in [0.2, 0.25) is 0 Å². The molecular weight excluding hydrogens is 228 g/mol. The molecule has 0 aromatic heterocycles. The molecule has 1 saturated carbocycles. The van der Waals surface area contributed by atoms with Crippen molar-refractivity contribution in [3.63, 3.8) is 0 Å². The monoisotopic (exact) mass is 250 g/mol. The van der Waals surface area contributed by atoms with E-state index in [2.05, 4.69) is 6.92 Å². The minimum absolute atomic E-state index is 0.208. The smallest absolute Gasteiger partial charge is 0.330 e. The Morgan fingerprint density at radius 1 is 1.39 bits per heavy atom. The topological polar surface area (TPSA) is 57.5 Å². The molecule has 0 bridgehead atoms. The minimum atomic E-state index is -0.845. The zero-order valence-electron chi connectivity index (χ0n) is 11.3. The first-order valence-corrected chi connectivity index (χ1v) is 6.72. The van der Waals surface area contributed by atoms with Crippen LogP contribution in [0.4, 0.5) is 0 Å². The van der Waals surface area contributed by atoms with Gasteiger partial charge in [0.25, 0.3) is 0 Å². The van der Waals surface area contributed by atoms with Crippen LogP contribution in [0, 0.1) is 17.8 Å². The van der Waals surface area contributed by atoms with Gasteiger partial charge in [-0.1, -0.05) is 18.6 Å². The van der Waals surface area contributed by atoms with Gasteiger partial charge >= 0.3 is 5.97 Å². The van der Waals surface area contributed by atoms with Crippen LogP contribution >= 0.6 is 0 Å².